The monoisotopic (exact) mass is 306 g/mol. The predicted octanol–water partition coefficient (Wildman–Crippen LogP) is 2.03. The second-order valence-corrected chi connectivity index (χ2v) is 5.14. The molecule has 3 rings (SSSR count). The number of benzene rings is 1. The van der Waals surface area contributed by atoms with Gasteiger partial charge in [0.25, 0.3) is 5.91 Å². The Balaban J connectivity index is 1.77. The number of fused-ring (bicyclic) bond motifs is 1. The molecule has 0 bridgehead atoms. The van der Waals surface area contributed by atoms with Gasteiger partial charge in [0, 0.05) is 18.1 Å². The molecule has 1 aromatic carbocycles. The molecule has 1 aromatic heterocycles. The molecule has 1 amide bonds. The Hall–Kier alpha value is -1.69. The van der Waals surface area contributed by atoms with Crippen molar-refractivity contribution in [2.45, 2.75) is 6.10 Å². The van der Waals surface area contributed by atoms with Crippen LogP contribution in [-0.4, -0.2) is 43.4 Å². The third-order valence-electron chi connectivity index (χ3n) is 3.37. The Bertz CT molecular complexity index is 656. The van der Waals surface area contributed by atoms with E-state index in [0.29, 0.717) is 37.1 Å². The van der Waals surface area contributed by atoms with Crippen molar-refractivity contribution in [2.75, 3.05) is 26.4 Å². The molecule has 1 saturated heterocycles. The van der Waals surface area contributed by atoms with E-state index < -0.39 is 0 Å². The summed E-state index contributed by atoms with van der Waals surface area (Å²) < 4.78 is 10.8. The Kier molecular flexibility index (Phi) is 4.34. The third kappa shape index (κ3) is 3.15. The van der Waals surface area contributed by atoms with Gasteiger partial charge in [0.1, 0.15) is 5.15 Å². The number of ether oxygens (including phenoxy) is 2. The Morgan fingerprint density at radius 2 is 2.14 bits per heavy atom. The summed E-state index contributed by atoms with van der Waals surface area (Å²) in [6.45, 7) is 2.08. The molecule has 1 N–H and O–H groups in total. The van der Waals surface area contributed by atoms with Gasteiger partial charge in [-0.15, -0.1) is 0 Å². The van der Waals surface area contributed by atoms with E-state index in [9.17, 15) is 4.79 Å². The average molecular weight is 307 g/mol. The van der Waals surface area contributed by atoms with Crippen LogP contribution in [0.5, 0.6) is 0 Å². The lowest BCUT2D eigenvalue weighted by Crippen LogP contribution is -2.39. The van der Waals surface area contributed by atoms with E-state index in [4.69, 9.17) is 21.1 Å². The summed E-state index contributed by atoms with van der Waals surface area (Å²) in [5.74, 6) is -0.190. The molecule has 5 nitrogen and oxygen atoms in total. The van der Waals surface area contributed by atoms with Crippen molar-refractivity contribution >= 4 is 28.3 Å². The van der Waals surface area contributed by atoms with E-state index in [2.05, 4.69) is 10.3 Å². The van der Waals surface area contributed by atoms with Crippen molar-refractivity contribution in [3.05, 3.63) is 41.2 Å². The molecule has 0 saturated carbocycles. The topological polar surface area (TPSA) is 60.5 Å². The Labute approximate surface area is 127 Å². The molecule has 1 fully saturated rings. The highest BCUT2D eigenvalue weighted by Gasteiger charge is 2.17. The molecule has 21 heavy (non-hydrogen) atoms. The van der Waals surface area contributed by atoms with Crippen LogP contribution in [0, 0.1) is 0 Å². The molecule has 2 aromatic rings. The van der Waals surface area contributed by atoms with Gasteiger partial charge in [0.2, 0.25) is 0 Å². The van der Waals surface area contributed by atoms with E-state index in [1.165, 1.54) is 6.20 Å². The van der Waals surface area contributed by atoms with Crippen molar-refractivity contribution in [1.82, 2.24) is 10.3 Å². The standard InChI is InChI=1S/C15H15ClN2O3/c16-14-12-4-2-1-3-11(12)13(8-17-14)15(19)18-7-10-9-20-5-6-21-10/h1-4,8,10H,5-7,9H2,(H,18,19). The second-order valence-electron chi connectivity index (χ2n) is 4.79. The summed E-state index contributed by atoms with van der Waals surface area (Å²) in [6.07, 6.45) is 1.40. The molecule has 2 heterocycles. The van der Waals surface area contributed by atoms with Gasteiger partial charge in [-0.05, 0) is 5.39 Å². The minimum atomic E-state index is -0.190. The second kappa shape index (κ2) is 6.39. The average Bonchev–Trinajstić information content (AvgIpc) is 2.54. The first-order valence-corrected chi connectivity index (χ1v) is 7.14. The van der Waals surface area contributed by atoms with Gasteiger partial charge in [0.05, 0.1) is 31.5 Å². The molecule has 0 radical (unpaired) electrons. The lowest BCUT2D eigenvalue weighted by Gasteiger charge is -2.23. The van der Waals surface area contributed by atoms with Gasteiger partial charge in [-0.25, -0.2) is 4.98 Å². The number of nitrogens with one attached hydrogen (secondary N) is 1. The van der Waals surface area contributed by atoms with Gasteiger partial charge in [-0.3, -0.25) is 4.79 Å². The van der Waals surface area contributed by atoms with Crippen molar-refractivity contribution < 1.29 is 14.3 Å². The maximum absolute atomic E-state index is 12.3. The lowest BCUT2D eigenvalue weighted by atomic mass is 10.1. The van der Waals surface area contributed by atoms with Crippen LogP contribution in [0.15, 0.2) is 30.5 Å². The first kappa shape index (κ1) is 14.3. The zero-order valence-electron chi connectivity index (χ0n) is 11.3. The van der Waals surface area contributed by atoms with Crippen molar-refractivity contribution in [3.63, 3.8) is 0 Å². The van der Waals surface area contributed by atoms with Crippen molar-refractivity contribution in [2.24, 2.45) is 0 Å². The maximum Gasteiger partial charge on any atom is 0.253 e. The number of nitrogens with zero attached hydrogens (tertiary/aromatic N) is 1. The van der Waals surface area contributed by atoms with Crippen LogP contribution >= 0.6 is 11.6 Å². The molecule has 110 valence electrons. The predicted molar refractivity (Wildman–Crippen MR) is 79.6 cm³/mol. The lowest BCUT2D eigenvalue weighted by molar-refractivity contribution is -0.0855. The van der Waals surface area contributed by atoms with Crippen LogP contribution in [0.3, 0.4) is 0 Å². The summed E-state index contributed by atoms with van der Waals surface area (Å²) in [5.41, 5.74) is 0.506. The molecule has 0 spiro atoms. The van der Waals surface area contributed by atoms with E-state index in [0.717, 1.165) is 10.8 Å². The number of amides is 1. The van der Waals surface area contributed by atoms with Crippen LogP contribution in [-0.2, 0) is 9.47 Å². The Morgan fingerprint density at radius 3 is 2.90 bits per heavy atom. The smallest absolute Gasteiger partial charge is 0.253 e. The maximum atomic E-state index is 12.3. The number of halogens is 1. The number of aromatic nitrogens is 1. The van der Waals surface area contributed by atoms with Gasteiger partial charge >= 0.3 is 0 Å². The van der Waals surface area contributed by atoms with Crippen LogP contribution in [0.2, 0.25) is 5.15 Å². The van der Waals surface area contributed by atoms with Gasteiger partial charge in [-0.1, -0.05) is 35.9 Å². The summed E-state index contributed by atoms with van der Waals surface area (Å²) in [4.78, 5) is 16.4. The molecule has 6 heteroatoms. The fourth-order valence-electron chi connectivity index (χ4n) is 2.30. The minimum Gasteiger partial charge on any atom is -0.376 e. The zero-order chi connectivity index (χ0) is 14.7. The van der Waals surface area contributed by atoms with Gasteiger partial charge in [-0.2, -0.15) is 0 Å². The molecular formula is C15H15ClN2O3. The Morgan fingerprint density at radius 1 is 1.33 bits per heavy atom. The molecular weight excluding hydrogens is 292 g/mol. The highest BCUT2D eigenvalue weighted by atomic mass is 35.5. The number of pyridine rings is 1. The largest absolute Gasteiger partial charge is 0.376 e. The normalized spacial score (nSPS) is 18.6. The fourth-order valence-corrected chi connectivity index (χ4v) is 2.51. The van der Waals surface area contributed by atoms with Crippen molar-refractivity contribution in [1.29, 1.82) is 0 Å². The van der Waals surface area contributed by atoms with Crippen LogP contribution in [0.1, 0.15) is 10.4 Å². The minimum absolute atomic E-state index is 0.103. The molecule has 1 aliphatic heterocycles. The van der Waals surface area contributed by atoms with E-state index in [-0.39, 0.29) is 12.0 Å². The quantitative estimate of drug-likeness (QED) is 0.882. The first-order valence-electron chi connectivity index (χ1n) is 6.76. The van der Waals surface area contributed by atoms with Crippen LogP contribution < -0.4 is 5.32 Å². The number of hydrogen-bond donors (Lipinski definition) is 1. The SMILES string of the molecule is O=C(NCC1COCCO1)c1cnc(Cl)c2ccccc12. The highest BCUT2D eigenvalue weighted by molar-refractivity contribution is 6.34. The summed E-state index contributed by atoms with van der Waals surface area (Å²) in [6, 6.07) is 7.44. The van der Waals surface area contributed by atoms with E-state index in [1.807, 2.05) is 24.3 Å². The molecule has 1 aliphatic rings. The van der Waals surface area contributed by atoms with Crippen molar-refractivity contribution in [3.8, 4) is 0 Å². The van der Waals surface area contributed by atoms with Crippen LogP contribution in [0.25, 0.3) is 10.8 Å². The molecule has 1 unspecified atom stereocenters. The van der Waals surface area contributed by atoms with Crippen LogP contribution in [0.4, 0.5) is 0 Å². The van der Waals surface area contributed by atoms with E-state index >= 15 is 0 Å². The highest BCUT2D eigenvalue weighted by Crippen LogP contribution is 2.24. The molecule has 0 aliphatic carbocycles. The summed E-state index contributed by atoms with van der Waals surface area (Å²) >= 11 is 6.05. The number of carbonyl (C=O) groups excluding carboxylic acids is 1. The summed E-state index contributed by atoms with van der Waals surface area (Å²) in [5, 5.41) is 4.80. The number of carbonyl (C=O) groups is 1. The van der Waals surface area contributed by atoms with E-state index in [1.54, 1.807) is 0 Å². The third-order valence-corrected chi connectivity index (χ3v) is 3.67. The molecule has 1 atom stereocenters. The number of rotatable bonds is 3. The van der Waals surface area contributed by atoms with Gasteiger partial charge < -0.3 is 14.8 Å². The first-order chi connectivity index (χ1) is 10.3. The summed E-state index contributed by atoms with van der Waals surface area (Å²) in [7, 11) is 0. The fraction of sp³-hybridized carbons (Fsp3) is 0.333. The van der Waals surface area contributed by atoms with Gasteiger partial charge in [0.15, 0.2) is 0 Å². The zero-order valence-corrected chi connectivity index (χ0v) is 12.1. The number of hydrogen-bond acceptors (Lipinski definition) is 4.